The Morgan fingerprint density at radius 1 is 1.21 bits per heavy atom. The van der Waals surface area contributed by atoms with Gasteiger partial charge in [-0.1, -0.05) is 30.0 Å². The Morgan fingerprint density at radius 3 is 2.88 bits per heavy atom. The van der Waals surface area contributed by atoms with Crippen LogP contribution in [0.1, 0.15) is 18.4 Å². The zero-order chi connectivity index (χ0) is 23.3. The molecule has 2 aromatic carbocycles. The fourth-order valence-corrected chi connectivity index (χ4v) is 5.00. The molecule has 2 aromatic heterocycles. The number of para-hydroxylation sites is 1. The SMILES string of the molecule is O=C(CSc1nnc(-c2ccc(F)cc2)n1C[C@H]1CCCO1)NCCc1c[nH]c2ccccc12. The fraction of sp³-hybridized carbons (Fsp3) is 0.320. The van der Waals surface area contributed by atoms with Crippen LogP contribution in [0.2, 0.25) is 0 Å². The summed E-state index contributed by atoms with van der Waals surface area (Å²) >= 11 is 1.35. The number of hydrogen-bond donors (Lipinski definition) is 2. The first-order valence-electron chi connectivity index (χ1n) is 11.4. The van der Waals surface area contributed by atoms with Crippen LogP contribution in [0.25, 0.3) is 22.3 Å². The van der Waals surface area contributed by atoms with E-state index in [2.05, 4.69) is 26.6 Å². The molecule has 1 saturated heterocycles. The number of carbonyl (C=O) groups excluding carboxylic acids is 1. The van der Waals surface area contributed by atoms with Crippen LogP contribution in [-0.2, 0) is 22.5 Å². The van der Waals surface area contributed by atoms with E-state index < -0.39 is 0 Å². The molecule has 0 saturated carbocycles. The summed E-state index contributed by atoms with van der Waals surface area (Å²) in [6.07, 6.45) is 4.83. The number of ether oxygens (including phenoxy) is 1. The number of fused-ring (bicyclic) bond motifs is 1. The third kappa shape index (κ3) is 5.15. The van der Waals surface area contributed by atoms with E-state index in [1.807, 2.05) is 29.0 Å². The number of aromatic amines is 1. The first-order valence-corrected chi connectivity index (χ1v) is 12.4. The number of H-pyrrole nitrogens is 1. The first kappa shape index (κ1) is 22.6. The van der Waals surface area contributed by atoms with E-state index >= 15 is 0 Å². The van der Waals surface area contributed by atoms with Gasteiger partial charge in [0.05, 0.1) is 18.4 Å². The zero-order valence-corrected chi connectivity index (χ0v) is 19.5. The largest absolute Gasteiger partial charge is 0.376 e. The second-order valence-electron chi connectivity index (χ2n) is 8.31. The van der Waals surface area contributed by atoms with Crippen LogP contribution in [0.3, 0.4) is 0 Å². The van der Waals surface area contributed by atoms with Crippen molar-refractivity contribution in [3.05, 3.63) is 66.1 Å². The second-order valence-corrected chi connectivity index (χ2v) is 9.25. The lowest BCUT2D eigenvalue weighted by molar-refractivity contribution is -0.118. The summed E-state index contributed by atoms with van der Waals surface area (Å²) in [5.74, 6) is 0.534. The number of nitrogens with zero attached hydrogens (tertiary/aromatic N) is 3. The minimum absolute atomic E-state index is 0.0557. The molecule has 0 unspecified atom stereocenters. The van der Waals surface area contributed by atoms with Gasteiger partial charge < -0.3 is 15.0 Å². The third-order valence-corrected chi connectivity index (χ3v) is 6.92. The predicted molar refractivity (Wildman–Crippen MR) is 130 cm³/mol. The second kappa shape index (κ2) is 10.4. The molecule has 1 fully saturated rings. The van der Waals surface area contributed by atoms with Gasteiger partial charge in [-0.2, -0.15) is 0 Å². The number of halogens is 1. The standard InChI is InChI=1S/C25H26FN5O2S/c26-19-9-7-17(8-10-19)24-29-30-25(31(24)15-20-4-3-13-33-20)34-16-23(32)27-12-11-18-14-28-22-6-2-1-5-21(18)22/h1-2,5-10,14,20,28H,3-4,11-13,15-16H2,(H,27,32)/t20-/m1/s1. The monoisotopic (exact) mass is 479 g/mol. The molecule has 176 valence electrons. The van der Waals surface area contributed by atoms with Gasteiger partial charge in [0, 0.05) is 35.8 Å². The third-order valence-electron chi connectivity index (χ3n) is 5.95. The summed E-state index contributed by atoms with van der Waals surface area (Å²) < 4.78 is 21.2. The smallest absolute Gasteiger partial charge is 0.230 e. The van der Waals surface area contributed by atoms with Crippen molar-refractivity contribution in [2.45, 2.75) is 37.1 Å². The number of rotatable bonds is 9. The maximum atomic E-state index is 13.4. The molecule has 0 aliphatic carbocycles. The summed E-state index contributed by atoms with van der Waals surface area (Å²) in [6.45, 7) is 1.91. The van der Waals surface area contributed by atoms with Gasteiger partial charge in [-0.05, 0) is 55.2 Å². The van der Waals surface area contributed by atoms with E-state index in [4.69, 9.17) is 4.74 Å². The summed E-state index contributed by atoms with van der Waals surface area (Å²) in [6, 6.07) is 14.3. The summed E-state index contributed by atoms with van der Waals surface area (Å²) in [4.78, 5) is 15.8. The highest BCUT2D eigenvalue weighted by Crippen LogP contribution is 2.27. The number of aromatic nitrogens is 4. The number of carbonyl (C=O) groups is 1. The molecular weight excluding hydrogens is 453 g/mol. The Labute approximate surface area is 201 Å². The van der Waals surface area contributed by atoms with Crippen LogP contribution < -0.4 is 5.32 Å². The summed E-state index contributed by atoms with van der Waals surface area (Å²) in [5, 5.41) is 13.5. The molecule has 1 atom stereocenters. The molecule has 34 heavy (non-hydrogen) atoms. The quantitative estimate of drug-likeness (QED) is 0.352. The Balaban J connectivity index is 1.21. The molecule has 1 aliphatic heterocycles. The molecule has 3 heterocycles. The van der Waals surface area contributed by atoms with Crippen molar-refractivity contribution in [2.75, 3.05) is 18.9 Å². The van der Waals surface area contributed by atoms with E-state index in [1.165, 1.54) is 34.8 Å². The van der Waals surface area contributed by atoms with Crippen LogP contribution in [0, 0.1) is 5.82 Å². The Hall–Kier alpha value is -3.17. The van der Waals surface area contributed by atoms with Gasteiger partial charge in [0.25, 0.3) is 0 Å². The average Bonchev–Trinajstić information content (AvgIpc) is 3.60. The van der Waals surface area contributed by atoms with Crippen molar-refractivity contribution < 1.29 is 13.9 Å². The van der Waals surface area contributed by atoms with Gasteiger partial charge in [-0.25, -0.2) is 4.39 Å². The van der Waals surface area contributed by atoms with Crippen molar-refractivity contribution in [3.63, 3.8) is 0 Å². The van der Waals surface area contributed by atoms with Crippen LogP contribution in [0.4, 0.5) is 4.39 Å². The van der Waals surface area contributed by atoms with Crippen LogP contribution >= 0.6 is 11.8 Å². The number of thioether (sulfide) groups is 1. The van der Waals surface area contributed by atoms with Crippen molar-refractivity contribution in [2.24, 2.45) is 0 Å². The molecule has 5 rings (SSSR count). The van der Waals surface area contributed by atoms with Crippen molar-refractivity contribution in [1.29, 1.82) is 0 Å². The number of hydrogen-bond acceptors (Lipinski definition) is 5. The molecule has 7 nitrogen and oxygen atoms in total. The maximum Gasteiger partial charge on any atom is 0.230 e. The molecule has 4 aromatic rings. The lowest BCUT2D eigenvalue weighted by atomic mass is 10.1. The lowest BCUT2D eigenvalue weighted by Gasteiger charge is -2.14. The van der Waals surface area contributed by atoms with Gasteiger partial charge in [-0.3, -0.25) is 9.36 Å². The number of benzene rings is 2. The van der Waals surface area contributed by atoms with Gasteiger partial charge in [0.15, 0.2) is 11.0 Å². The summed E-state index contributed by atoms with van der Waals surface area (Å²) in [5.41, 5.74) is 3.06. The summed E-state index contributed by atoms with van der Waals surface area (Å²) in [7, 11) is 0. The van der Waals surface area contributed by atoms with Gasteiger partial charge in [0.1, 0.15) is 5.82 Å². The predicted octanol–water partition coefficient (Wildman–Crippen LogP) is 4.20. The van der Waals surface area contributed by atoms with E-state index in [9.17, 15) is 9.18 Å². The molecule has 0 spiro atoms. The highest BCUT2D eigenvalue weighted by molar-refractivity contribution is 7.99. The van der Waals surface area contributed by atoms with Crippen LogP contribution in [0.15, 0.2) is 59.9 Å². The average molecular weight is 480 g/mol. The van der Waals surface area contributed by atoms with Crippen LogP contribution in [-0.4, -0.2) is 50.7 Å². The Morgan fingerprint density at radius 2 is 2.06 bits per heavy atom. The highest BCUT2D eigenvalue weighted by Gasteiger charge is 2.22. The number of amides is 1. The molecule has 2 N–H and O–H groups in total. The number of nitrogens with one attached hydrogen (secondary N) is 2. The molecule has 1 amide bonds. The van der Waals surface area contributed by atoms with E-state index in [0.717, 1.165) is 36.9 Å². The van der Waals surface area contributed by atoms with Crippen molar-refractivity contribution in [1.82, 2.24) is 25.1 Å². The van der Waals surface area contributed by atoms with Crippen molar-refractivity contribution in [3.8, 4) is 11.4 Å². The minimum Gasteiger partial charge on any atom is -0.376 e. The fourth-order valence-electron chi connectivity index (χ4n) is 4.22. The van der Waals surface area contributed by atoms with Crippen molar-refractivity contribution >= 4 is 28.6 Å². The molecule has 9 heteroatoms. The van der Waals surface area contributed by atoms with Gasteiger partial charge in [0.2, 0.25) is 5.91 Å². The molecule has 0 radical (unpaired) electrons. The maximum absolute atomic E-state index is 13.4. The lowest BCUT2D eigenvalue weighted by Crippen LogP contribution is -2.27. The highest BCUT2D eigenvalue weighted by atomic mass is 32.2. The van der Waals surface area contributed by atoms with Gasteiger partial charge >= 0.3 is 0 Å². The molecule has 0 bridgehead atoms. The topological polar surface area (TPSA) is 84.8 Å². The van der Waals surface area contributed by atoms with E-state index in [1.54, 1.807) is 12.1 Å². The Kier molecular flexibility index (Phi) is 6.92. The Bertz CT molecular complexity index is 1260. The first-order chi connectivity index (χ1) is 16.7. The zero-order valence-electron chi connectivity index (χ0n) is 18.7. The van der Waals surface area contributed by atoms with Crippen LogP contribution in [0.5, 0.6) is 0 Å². The van der Waals surface area contributed by atoms with Gasteiger partial charge in [-0.15, -0.1) is 10.2 Å². The van der Waals surface area contributed by atoms with E-state index in [-0.39, 0.29) is 23.6 Å². The minimum atomic E-state index is -0.298. The normalized spacial score (nSPS) is 15.7. The van der Waals surface area contributed by atoms with E-state index in [0.29, 0.717) is 24.1 Å². The molecule has 1 aliphatic rings. The molecular formula is C25H26FN5O2S.